The van der Waals surface area contributed by atoms with Crippen LogP contribution >= 0.6 is 15.9 Å². The number of amides is 1. The summed E-state index contributed by atoms with van der Waals surface area (Å²) < 4.78 is 20.3. The van der Waals surface area contributed by atoms with E-state index in [1.54, 1.807) is 12.1 Å². The highest BCUT2D eigenvalue weighted by Crippen LogP contribution is 2.41. The molecule has 0 bridgehead atoms. The van der Waals surface area contributed by atoms with Crippen molar-refractivity contribution in [1.82, 2.24) is 0 Å². The Morgan fingerprint density at radius 2 is 1.67 bits per heavy atom. The lowest BCUT2D eigenvalue weighted by Gasteiger charge is -2.25. The summed E-state index contributed by atoms with van der Waals surface area (Å²) in [6.07, 6.45) is 0. The Bertz CT molecular complexity index is 1360. The van der Waals surface area contributed by atoms with Crippen molar-refractivity contribution in [2.45, 2.75) is 13.0 Å². The number of aryl methyl sites for hydroxylation is 1. The number of carbonyl (C=O) groups excluding carboxylic acids is 1. The molecule has 5 rings (SSSR count). The molecular formula is C24H15BrFNO3. The van der Waals surface area contributed by atoms with Crippen molar-refractivity contribution in [2.75, 3.05) is 4.90 Å². The molecule has 0 fully saturated rings. The van der Waals surface area contributed by atoms with Gasteiger partial charge in [-0.3, -0.25) is 14.5 Å². The fraction of sp³-hybridized carbons (Fsp3) is 0.0833. The number of anilines is 1. The number of hydrogen-bond acceptors (Lipinski definition) is 3. The monoisotopic (exact) mass is 463 g/mol. The third-order valence-electron chi connectivity index (χ3n) is 5.32. The Labute approximate surface area is 179 Å². The van der Waals surface area contributed by atoms with Gasteiger partial charge in [-0.1, -0.05) is 39.7 Å². The van der Waals surface area contributed by atoms with Crippen LogP contribution in [0.25, 0.3) is 11.0 Å². The van der Waals surface area contributed by atoms with Gasteiger partial charge in [-0.15, -0.1) is 0 Å². The molecule has 0 N–H and O–H groups in total. The lowest BCUT2D eigenvalue weighted by atomic mass is 9.98. The fourth-order valence-electron chi connectivity index (χ4n) is 3.92. The molecule has 30 heavy (non-hydrogen) atoms. The summed E-state index contributed by atoms with van der Waals surface area (Å²) in [6, 6.07) is 17.7. The smallest absolute Gasteiger partial charge is 0.295 e. The van der Waals surface area contributed by atoms with Crippen LogP contribution in [-0.4, -0.2) is 5.91 Å². The maximum absolute atomic E-state index is 13.5. The lowest BCUT2D eigenvalue weighted by molar-refractivity contribution is 0.0971. The summed E-state index contributed by atoms with van der Waals surface area (Å²) in [5.41, 5.74) is 2.60. The Hall–Kier alpha value is -3.25. The number of carbonyl (C=O) groups is 1. The maximum atomic E-state index is 13.5. The van der Waals surface area contributed by atoms with Gasteiger partial charge in [0, 0.05) is 10.2 Å². The van der Waals surface area contributed by atoms with Crippen LogP contribution in [0, 0.1) is 12.7 Å². The number of nitrogens with zero attached hydrogens (tertiary/aromatic N) is 1. The minimum atomic E-state index is -0.674. The molecule has 1 aliphatic heterocycles. The Morgan fingerprint density at radius 1 is 0.967 bits per heavy atom. The molecule has 1 aliphatic rings. The maximum Gasteiger partial charge on any atom is 0.295 e. The van der Waals surface area contributed by atoms with E-state index < -0.39 is 17.8 Å². The molecule has 4 aromatic rings. The van der Waals surface area contributed by atoms with Crippen LogP contribution in [-0.2, 0) is 0 Å². The number of halogens is 2. The van der Waals surface area contributed by atoms with Gasteiger partial charge in [0.05, 0.1) is 17.0 Å². The van der Waals surface area contributed by atoms with Gasteiger partial charge in [-0.25, -0.2) is 4.39 Å². The summed E-state index contributed by atoms with van der Waals surface area (Å²) in [4.78, 5) is 28.4. The summed E-state index contributed by atoms with van der Waals surface area (Å²) in [5.74, 6) is -0.809. The van der Waals surface area contributed by atoms with E-state index in [2.05, 4.69) is 15.9 Å². The zero-order valence-electron chi connectivity index (χ0n) is 15.9. The van der Waals surface area contributed by atoms with E-state index in [4.69, 9.17) is 4.42 Å². The zero-order chi connectivity index (χ0) is 21.0. The predicted octanol–water partition coefficient (Wildman–Crippen LogP) is 5.75. The van der Waals surface area contributed by atoms with E-state index in [-0.39, 0.29) is 11.2 Å². The van der Waals surface area contributed by atoms with E-state index in [0.717, 1.165) is 15.6 Å². The average molecular weight is 464 g/mol. The van der Waals surface area contributed by atoms with Crippen LogP contribution in [0.1, 0.15) is 33.3 Å². The van der Waals surface area contributed by atoms with E-state index in [1.165, 1.54) is 29.2 Å². The number of fused-ring (bicyclic) bond motifs is 2. The van der Waals surface area contributed by atoms with Gasteiger partial charge in [0.2, 0.25) is 5.76 Å². The molecule has 6 heteroatoms. The summed E-state index contributed by atoms with van der Waals surface area (Å²) in [7, 11) is 0. The quantitative estimate of drug-likeness (QED) is 0.380. The Morgan fingerprint density at radius 3 is 2.37 bits per heavy atom. The van der Waals surface area contributed by atoms with Gasteiger partial charge in [0.15, 0.2) is 5.43 Å². The lowest BCUT2D eigenvalue weighted by Crippen LogP contribution is -2.29. The first-order chi connectivity index (χ1) is 14.4. The normalized spacial score (nSPS) is 15.6. The van der Waals surface area contributed by atoms with Crippen LogP contribution in [0.3, 0.4) is 0 Å². The summed E-state index contributed by atoms with van der Waals surface area (Å²) >= 11 is 3.42. The Balaban J connectivity index is 1.81. The highest BCUT2D eigenvalue weighted by Gasteiger charge is 2.43. The van der Waals surface area contributed by atoms with E-state index >= 15 is 0 Å². The zero-order valence-corrected chi connectivity index (χ0v) is 17.4. The van der Waals surface area contributed by atoms with Crippen molar-refractivity contribution in [3.8, 4) is 0 Å². The molecule has 1 amide bonds. The first kappa shape index (κ1) is 18.8. The van der Waals surface area contributed by atoms with Gasteiger partial charge in [0.25, 0.3) is 5.91 Å². The number of rotatable bonds is 2. The first-order valence-electron chi connectivity index (χ1n) is 9.36. The van der Waals surface area contributed by atoms with Crippen molar-refractivity contribution in [3.63, 3.8) is 0 Å². The number of hydrogen-bond donors (Lipinski definition) is 0. The van der Waals surface area contributed by atoms with Gasteiger partial charge in [-0.05, 0) is 61.0 Å². The van der Waals surface area contributed by atoms with Crippen LogP contribution in [0.4, 0.5) is 10.1 Å². The Kier molecular flexibility index (Phi) is 4.33. The van der Waals surface area contributed by atoms with Crippen LogP contribution < -0.4 is 10.3 Å². The molecule has 1 atom stereocenters. The van der Waals surface area contributed by atoms with E-state index in [0.29, 0.717) is 22.2 Å². The molecule has 0 aliphatic carbocycles. The molecule has 0 saturated heterocycles. The molecule has 4 nitrogen and oxygen atoms in total. The molecule has 148 valence electrons. The number of benzene rings is 3. The molecule has 0 spiro atoms. The predicted molar refractivity (Wildman–Crippen MR) is 116 cm³/mol. The summed E-state index contributed by atoms with van der Waals surface area (Å²) in [5, 5.41) is 0.435. The highest BCUT2D eigenvalue weighted by molar-refractivity contribution is 9.10. The van der Waals surface area contributed by atoms with E-state index in [9.17, 15) is 14.0 Å². The molecule has 0 saturated carbocycles. The van der Waals surface area contributed by atoms with Crippen molar-refractivity contribution >= 4 is 38.5 Å². The minimum absolute atomic E-state index is 0.0218. The SMILES string of the molecule is Cc1ccc2oc3c(c(=O)c2c1)C(c1ccc(Br)cc1)N(c1ccc(F)cc1)C3=O. The molecule has 1 aromatic heterocycles. The van der Waals surface area contributed by atoms with Crippen LogP contribution in [0.15, 0.2) is 80.4 Å². The third kappa shape index (κ3) is 2.87. The largest absolute Gasteiger partial charge is 0.450 e. The molecule has 1 unspecified atom stereocenters. The van der Waals surface area contributed by atoms with Crippen LogP contribution in [0.2, 0.25) is 0 Å². The van der Waals surface area contributed by atoms with Gasteiger partial charge >= 0.3 is 0 Å². The topological polar surface area (TPSA) is 50.5 Å². The standard InChI is InChI=1S/C24H15BrFNO3/c1-13-2-11-19-18(12-13)22(28)20-21(14-3-5-15(25)6-4-14)27(24(29)23(20)30-19)17-9-7-16(26)8-10-17/h2-12,21H,1H3. The average Bonchev–Trinajstić information content (AvgIpc) is 3.03. The second-order valence-corrected chi connectivity index (χ2v) is 8.19. The molecule has 2 heterocycles. The summed E-state index contributed by atoms with van der Waals surface area (Å²) in [6.45, 7) is 1.90. The van der Waals surface area contributed by atoms with Gasteiger partial charge in [0.1, 0.15) is 11.4 Å². The molecular weight excluding hydrogens is 449 g/mol. The third-order valence-corrected chi connectivity index (χ3v) is 5.84. The van der Waals surface area contributed by atoms with Crippen molar-refractivity contribution in [2.24, 2.45) is 0 Å². The highest BCUT2D eigenvalue weighted by atomic mass is 79.9. The van der Waals surface area contributed by atoms with Crippen molar-refractivity contribution in [3.05, 3.63) is 110 Å². The van der Waals surface area contributed by atoms with Crippen LogP contribution in [0.5, 0.6) is 0 Å². The van der Waals surface area contributed by atoms with Crippen molar-refractivity contribution in [1.29, 1.82) is 0 Å². The fourth-order valence-corrected chi connectivity index (χ4v) is 4.18. The second kappa shape index (κ2) is 6.92. The van der Waals surface area contributed by atoms with E-state index in [1.807, 2.05) is 37.3 Å². The minimum Gasteiger partial charge on any atom is -0.450 e. The van der Waals surface area contributed by atoms with Gasteiger partial charge in [-0.2, -0.15) is 0 Å². The second-order valence-electron chi connectivity index (χ2n) is 7.28. The molecule has 0 radical (unpaired) electrons. The molecule has 3 aromatic carbocycles. The first-order valence-corrected chi connectivity index (χ1v) is 10.2. The van der Waals surface area contributed by atoms with Crippen molar-refractivity contribution < 1.29 is 13.6 Å². The van der Waals surface area contributed by atoms with Gasteiger partial charge < -0.3 is 4.42 Å².